The first-order valence-electron chi connectivity index (χ1n) is 2.95. The molecule has 0 aliphatic carbocycles. The Kier molecular flexibility index (Phi) is 1.88. The molecule has 0 saturated heterocycles. The predicted octanol–water partition coefficient (Wildman–Crippen LogP) is 0.651. The molecular weight excluding hydrogens is 142 g/mol. The van der Waals surface area contributed by atoms with E-state index in [9.17, 15) is 0 Å². The zero-order valence-corrected chi connectivity index (χ0v) is 6.00. The number of aromatic nitrogens is 2. The topological polar surface area (TPSA) is 68.2 Å². The Balaban J connectivity index is 3.27. The second-order valence-corrected chi connectivity index (χ2v) is 1.82. The van der Waals surface area contributed by atoms with Crippen LogP contribution in [0.1, 0.15) is 0 Å². The van der Waals surface area contributed by atoms with E-state index in [0.717, 1.165) is 0 Å². The van der Waals surface area contributed by atoms with Crippen LogP contribution in [0.15, 0.2) is 6.33 Å². The van der Waals surface area contributed by atoms with Crippen LogP contribution in [0.4, 0.5) is 17.3 Å². The zero-order valence-electron chi connectivity index (χ0n) is 6.00. The average Bonchev–Trinajstić information content (AvgIpc) is 2.04. The maximum absolute atomic E-state index is 6.75. The summed E-state index contributed by atoms with van der Waals surface area (Å²) < 4.78 is 0. The first-order valence-corrected chi connectivity index (χ1v) is 2.95. The highest BCUT2D eigenvalue weighted by Crippen LogP contribution is 2.26. The van der Waals surface area contributed by atoms with Crippen molar-refractivity contribution in [1.29, 1.82) is 0 Å². The number of anilines is 2. The first-order chi connectivity index (χ1) is 5.29. The minimum absolute atomic E-state index is 0.208. The zero-order chi connectivity index (χ0) is 8.27. The van der Waals surface area contributed by atoms with Crippen molar-refractivity contribution in [1.82, 2.24) is 9.97 Å². The lowest BCUT2D eigenvalue weighted by atomic mass is 10.4. The molecule has 11 heavy (non-hydrogen) atoms. The van der Waals surface area contributed by atoms with Gasteiger partial charge in [-0.2, -0.15) is 0 Å². The molecule has 0 aliphatic heterocycles. The number of nitrogens with one attached hydrogen (secondary N) is 1. The standard InChI is InChI=1S/C6H7N5/c1-8-4-5(7)10-3-11-6(4)9-2/h3H,2H3,(H3,7,9,10,11). The minimum Gasteiger partial charge on any atom is -0.392 e. The molecule has 5 nitrogen and oxygen atoms in total. The molecule has 0 radical (unpaired) electrons. The van der Waals surface area contributed by atoms with Gasteiger partial charge in [-0.15, -0.1) is 0 Å². The normalized spacial score (nSPS) is 8.73. The Bertz CT molecular complexity index is 300. The first kappa shape index (κ1) is 7.28. The van der Waals surface area contributed by atoms with E-state index in [1.807, 2.05) is 0 Å². The molecule has 1 aromatic heterocycles. The van der Waals surface area contributed by atoms with Crippen molar-refractivity contribution in [2.24, 2.45) is 0 Å². The molecule has 0 amide bonds. The van der Waals surface area contributed by atoms with Crippen molar-refractivity contribution in [2.45, 2.75) is 0 Å². The lowest BCUT2D eigenvalue weighted by molar-refractivity contribution is 1.18. The number of hydrogen-bond donors (Lipinski definition) is 2. The second kappa shape index (κ2) is 2.84. The van der Waals surface area contributed by atoms with Crippen LogP contribution in [0.5, 0.6) is 0 Å². The third-order valence-corrected chi connectivity index (χ3v) is 1.20. The van der Waals surface area contributed by atoms with Crippen LogP contribution in [-0.4, -0.2) is 17.0 Å². The summed E-state index contributed by atoms with van der Waals surface area (Å²) in [4.78, 5) is 10.7. The SMILES string of the molecule is [C-]#[N+]c1c(N)ncnc1NC. The molecule has 0 aliphatic rings. The molecule has 0 atom stereocenters. The highest BCUT2D eigenvalue weighted by molar-refractivity contribution is 5.75. The smallest absolute Gasteiger partial charge is 0.268 e. The maximum atomic E-state index is 6.75. The molecule has 0 bridgehead atoms. The summed E-state index contributed by atoms with van der Waals surface area (Å²) in [6, 6.07) is 0. The van der Waals surface area contributed by atoms with Crippen LogP contribution in [-0.2, 0) is 0 Å². The number of rotatable bonds is 1. The Hall–Kier alpha value is -1.83. The molecule has 1 aromatic rings. The fourth-order valence-corrected chi connectivity index (χ4v) is 0.686. The number of hydrogen-bond acceptors (Lipinski definition) is 4. The van der Waals surface area contributed by atoms with Gasteiger partial charge in [0.1, 0.15) is 18.0 Å². The van der Waals surface area contributed by atoms with Crippen molar-refractivity contribution in [3.8, 4) is 0 Å². The van der Waals surface area contributed by atoms with Crippen molar-refractivity contribution in [2.75, 3.05) is 18.1 Å². The van der Waals surface area contributed by atoms with E-state index in [4.69, 9.17) is 12.3 Å². The molecule has 0 spiro atoms. The molecule has 0 saturated carbocycles. The van der Waals surface area contributed by atoms with Crippen LogP contribution < -0.4 is 11.1 Å². The van der Waals surface area contributed by atoms with E-state index < -0.39 is 0 Å². The molecule has 1 rings (SSSR count). The Morgan fingerprint density at radius 3 is 2.82 bits per heavy atom. The van der Waals surface area contributed by atoms with Gasteiger partial charge < -0.3 is 11.1 Å². The Morgan fingerprint density at radius 1 is 1.64 bits per heavy atom. The van der Waals surface area contributed by atoms with Crippen molar-refractivity contribution in [3.63, 3.8) is 0 Å². The highest BCUT2D eigenvalue weighted by atomic mass is 15.0. The molecule has 5 heteroatoms. The summed E-state index contributed by atoms with van der Waals surface area (Å²) in [5.41, 5.74) is 5.68. The van der Waals surface area contributed by atoms with Gasteiger partial charge in [-0.05, 0) is 0 Å². The lowest BCUT2D eigenvalue weighted by Gasteiger charge is -2.01. The number of nitrogens with zero attached hydrogens (tertiary/aromatic N) is 3. The van der Waals surface area contributed by atoms with Gasteiger partial charge in [-0.3, -0.25) is 0 Å². The molecule has 0 fully saturated rings. The summed E-state index contributed by atoms with van der Waals surface area (Å²) in [6.07, 6.45) is 1.32. The minimum atomic E-state index is 0.208. The summed E-state index contributed by atoms with van der Waals surface area (Å²) in [7, 11) is 1.68. The summed E-state index contributed by atoms with van der Waals surface area (Å²) in [6.45, 7) is 6.75. The molecule has 3 N–H and O–H groups in total. The summed E-state index contributed by atoms with van der Waals surface area (Å²) in [5.74, 6) is 0.673. The van der Waals surface area contributed by atoms with Gasteiger partial charge in [0, 0.05) is 7.05 Å². The highest BCUT2D eigenvalue weighted by Gasteiger charge is 2.05. The molecule has 1 heterocycles. The fraction of sp³-hybridized carbons (Fsp3) is 0.167. The molecule has 0 unspecified atom stereocenters. The van der Waals surface area contributed by atoms with Crippen molar-refractivity contribution >= 4 is 17.3 Å². The van der Waals surface area contributed by atoms with Crippen molar-refractivity contribution in [3.05, 3.63) is 17.7 Å². The van der Waals surface area contributed by atoms with E-state index in [0.29, 0.717) is 5.82 Å². The van der Waals surface area contributed by atoms with E-state index in [2.05, 4.69) is 20.1 Å². The van der Waals surface area contributed by atoms with Crippen LogP contribution in [0, 0.1) is 6.57 Å². The van der Waals surface area contributed by atoms with Gasteiger partial charge >= 0.3 is 0 Å². The van der Waals surface area contributed by atoms with Crippen molar-refractivity contribution < 1.29 is 0 Å². The van der Waals surface area contributed by atoms with E-state index >= 15 is 0 Å². The van der Waals surface area contributed by atoms with Gasteiger partial charge in [-0.25, -0.2) is 14.8 Å². The van der Waals surface area contributed by atoms with E-state index in [1.165, 1.54) is 6.33 Å². The number of nitrogens with two attached hydrogens (primary N) is 1. The van der Waals surface area contributed by atoms with Crippen LogP contribution >= 0.6 is 0 Å². The lowest BCUT2D eigenvalue weighted by Crippen LogP contribution is -1.97. The van der Waals surface area contributed by atoms with Crippen LogP contribution in [0.3, 0.4) is 0 Å². The monoisotopic (exact) mass is 149 g/mol. The van der Waals surface area contributed by atoms with Crippen LogP contribution in [0.25, 0.3) is 4.85 Å². The van der Waals surface area contributed by atoms with Gasteiger partial charge in [0.25, 0.3) is 5.69 Å². The van der Waals surface area contributed by atoms with Crippen LogP contribution in [0.2, 0.25) is 0 Å². The third-order valence-electron chi connectivity index (χ3n) is 1.20. The van der Waals surface area contributed by atoms with Gasteiger partial charge in [0.05, 0.1) is 6.57 Å². The van der Waals surface area contributed by atoms with Gasteiger partial charge in [0.2, 0.25) is 0 Å². The summed E-state index contributed by atoms with van der Waals surface area (Å²) >= 11 is 0. The maximum Gasteiger partial charge on any atom is 0.268 e. The molecule has 56 valence electrons. The molecule has 0 aromatic carbocycles. The van der Waals surface area contributed by atoms with Gasteiger partial charge in [0.15, 0.2) is 0 Å². The quantitative estimate of drug-likeness (QED) is 0.575. The largest absolute Gasteiger partial charge is 0.392 e. The molecular formula is C6H7N5. The Morgan fingerprint density at radius 2 is 2.36 bits per heavy atom. The van der Waals surface area contributed by atoms with Gasteiger partial charge in [-0.1, -0.05) is 0 Å². The number of nitrogen functional groups attached to an aromatic ring is 1. The fourth-order valence-electron chi connectivity index (χ4n) is 0.686. The Labute approximate surface area is 64.1 Å². The van der Waals surface area contributed by atoms with E-state index in [-0.39, 0.29) is 11.5 Å². The third kappa shape index (κ3) is 1.19. The summed E-state index contributed by atoms with van der Waals surface area (Å²) in [5, 5.41) is 2.74. The van der Waals surface area contributed by atoms with E-state index in [1.54, 1.807) is 7.05 Å². The predicted molar refractivity (Wildman–Crippen MR) is 42.3 cm³/mol. The second-order valence-electron chi connectivity index (χ2n) is 1.82. The average molecular weight is 149 g/mol.